The number of nitro groups is 1. The number of benzene rings is 2. The Bertz CT molecular complexity index is 658. The number of methoxy groups -OCH3 is 2. The maximum atomic E-state index is 10.8. The molecule has 0 aliphatic carbocycles. The van der Waals surface area contributed by atoms with Gasteiger partial charge in [0.15, 0.2) is 0 Å². The van der Waals surface area contributed by atoms with E-state index >= 15 is 0 Å². The molecule has 21 heavy (non-hydrogen) atoms. The third-order valence-corrected chi connectivity index (χ3v) is 3.22. The number of hydrogen-bond donors (Lipinski definition) is 1. The van der Waals surface area contributed by atoms with E-state index in [1.165, 1.54) is 12.1 Å². The summed E-state index contributed by atoms with van der Waals surface area (Å²) >= 11 is 0. The molecule has 1 unspecified atom stereocenters. The Hall–Kier alpha value is -2.60. The zero-order chi connectivity index (χ0) is 15.4. The van der Waals surface area contributed by atoms with Gasteiger partial charge in [0, 0.05) is 23.8 Å². The average molecular weight is 288 g/mol. The molecule has 0 saturated carbocycles. The molecule has 0 aromatic heterocycles. The number of ether oxygens (including phenoxy) is 2. The van der Waals surface area contributed by atoms with Crippen LogP contribution in [0.4, 0.5) is 5.69 Å². The number of non-ortho nitro benzene ring substituents is 1. The molecule has 0 amide bonds. The molecule has 0 fully saturated rings. The van der Waals surface area contributed by atoms with Gasteiger partial charge < -0.3 is 15.2 Å². The first-order valence-corrected chi connectivity index (χ1v) is 6.28. The standard InChI is InChI=1S/C15H16N2O4/c1-20-12-6-7-13(14(9-12)21-2)15(16)10-4-3-5-11(8-10)17(18)19/h3-9,15H,16H2,1-2H3. The number of nitrogens with zero attached hydrogens (tertiary/aromatic N) is 1. The third-order valence-electron chi connectivity index (χ3n) is 3.22. The lowest BCUT2D eigenvalue weighted by Crippen LogP contribution is -2.13. The average Bonchev–Trinajstić information content (AvgIpc) is 2.53. The summed E-state index contributed by atoms with van der Waals surface area (Å²) in [5, 5.41) is 10.8. The Kier molecular flexibility index (Phi) is 4.39. The van der Waals surface area contributed by atoms with Gasteiger partial charge in [-0.05, 0) is 17.7 Å². The van der Waals surface area contributed by atoms with Gasteiger partial charge in [0.1, 0.15) is 11.5 Å². The normalized spacial score (nSPS) is 11.8. The minimum Gasteiger partial charge on any atom is -0.497 e. The predicted molar refractivity (Wildman–Crippen MR) is 78.7 cm³/mol. The van der Waals surface area contributed by atoms with Crippen molar-refractivity contribution >= 4 is 5.69 Å². The Labute approximate surface area is 122 Å². The van der Waals surface area contributed by atoms with Gasteiger partial charge in [0.2, 0.25) is 0 Å². The quantitative estimate of drug-likeness (QED) is 0.675. The highest BCUT2D eigenvalue weighted by atomic mass is 16.6. The molecule has 0 spiro atoms. The van der Waals surface area contributed by atoms with Crippen LogP contribution in [0.25, 0.3) is 0 Å². The van der Waals surface area contributed by atoms with Crippen LogP contribution >= 0.6 is 0 Å². The molecule has 0 radical (unpaired) electrons. The van der Waals surface area contributed by atoms with Gasteiger partial charge in [0.25, 0.3) is 5.69 Å². The van der Waals surface area contributed by atoms with Crippen LogP contribution in [0.15, 0.2) is 42.5 Å². The van der Waals surface area contributed by atoms with Gasteiger partial charge in [-0.25, -0.2) is 0 Å². The van der Waals surface area contributed by atoms with Crippen molar-refractivity contribution in [1.82, 2.24) is 0 Å². The van der Waals surface area contributed by atoms with Gasteiger partial charge in [0.05, 0.1) is 25.2 Å². The monoisotopic (exact) mass is 288 g/mol. The smallest absolute Gasteiger partial charge is 0.269 e. The first-order chi connectivity index (χ1) is 10.1. The lowest BCUT2D eigenvalue weighted by Gasteiger charge is -2.16. The van der Waals surface area contributed by atoms with Crippen molar-refractivity contribution in [2.24, 2.45) is 5.73 Å². The molecule has 0 aliphatic rings. The van der Waals surface area contributed by atoms with E-state index in [1.54, 1.807) is 44.6 Å². The Morgan fingerprint density at radius 2 is 1.90 bits per heavy atom. The fraction of sp³-hybridized carbons (Fsp3) is 0.200. The number of rotatable bonds is 5. The van der Waals surface area contributed by atoms with Crippen molar-refractivity contribution in [3.63, 3.8) is 0 Å². The second-order valence-electron chi connectivity index (χ2n) is 4.44. The van der Waals surface area contributed by atoms with Crippen LogP contribution in [0, 0.1) is 10.1 Å². The second kappa shape index (κ2) is 6.23. The molecule has 6 heteroatoms. The van der Waals surface area contributed by atoms with Gasteiger partial charge in [-0.15, -0.1) is 0 Å². The number of nitro benzene ring substituents is 1. The first-order valence-electron chi connectivity index (χ1n) is 6.28. The van der Waals surface area contributed by atoms with E-state index in [0.717, 1.165) is 5.56 Å². The maximum Gasteiger partial charge on any atom is 0.269 e. The van der Waals surface area contributed by atoms with Gasteiger partial charge in [-0.2, -0.15) is 0 Å². The molecule has 2 rings (SSSR count). The zero-order valence-electron chi connectivity index (χ0n) is 11.8. The van der Waals surface area contributed by atoms with Crippen molar-refractivity contribution in [2.45, 2.75) is 6.04 Å². The molecule has 2 N–H and O–H groups in total. The fourth-order valence-corrected chi connectivity index (χ4v) is 2.09. The summed E-state index contributed by atoms with van der Waals surface area (Å²) in [5.74, 6) is 1.23. The van der Waals surface area contributed by atoms with Gasteiger partial charge >= 0.3 is 0 Å². The number of nitrogens with two attached hydrogens (primary N) is 1. The van der Waals surface area contributed by atoms with Crippen molar-refractivity contribution in [3.8, 4) is 11.5 Å². The summed E-state index contributed by atoms with van der Waals surface area (Å²) in [7, 11) is 3.10. The molecular weight excluding hydrogens is 272 g/mol. The topological polar surface area (TPSA) is 87.6 Å². The molecule has 6 nitrogen and oxygen atoms in total. The lowest BCUT2D eigenvalue weighted by atomic mass is 9.98. The van der Waals surface area contributed by atoms with E-state index in [9.17, 15) is 10.1 Å². The molecule has 0 bridgehead atoms. The molecule has 0 heterocycles. The number of hydrogen-bond acceptors (Lipinski definition) is 5. The van der Waals surface area contributed by atoms with Crippen LogP contribution in [-0.4, -0.2) is 19.1 Å². The predicted octanol–water partition coefficient (Wildman–Crippen LogP) is 2.66. The largest absolute Gasteiger partial charge is 0.497 e. The van der Waals surface area contributed by atoms with E-state index in [-0.39, 0.29) is 5.69 Å². The Morgan fingerprint density at radius 1 is 1.14 bits per heavy atom. The molecule has 1 atom stereocenters. The molecule has 2 aromatic rings. The van der Waals surface area contributed by atoms with E-state index in [0.29, 0.717) is 17.1 Å². The Morgan fingerprint density at radius 3 is 2.52 bits per heavy atom. The van der Waals surface area contributed by atoms with Gasteiger partial charge in [-0.3, -0.25) is 10.1 Å². The summed E-state index contributed by atoms with van der Waals surface area (Å²) in [6, 6.07) is 11.0. The molecule has 0 aliphatic heterocycles. The van der Waals surface area contributed by atoms with Crippen molar-refractivity contribution in [1.29, 1.82) is 0 Å². The van der Waals surface area contributed by atoms with E-state index in [4.69, 9.17) is 15.2 Å². The molecule has 0 saturated heterocycles. The van der Waals surface area contributed by atoms with E-state index < -0.39 is 11.0 Å². The minimum absolute atomic E-state index is 0.00966. The lowest BCUT2D eigenvalue weighted by molar-refractivity contribution is -0.384. The maximum absolute atomic E-state index is 10.8. The fourth-order valence-electron chi connectivity index (χ4n) is 2.09. The molecular formula is C15H16N2O4. The summed E-state index contributed by atoms with van der Waals surface area (Å²) in [6.07, 6.45) is 0. The highest BCUT2D eigenvalue weighted by Crippen LogP contribution is 2.32. The van der Waals surface area contributed by atoms with Crippen molar-refractivity contribution < 1.29 is 14.4 Å². The summed E-state index contributed by atoms with van der Waals surface area (Å²) in [5.41, 5.74) is 7.60. The summed E-state index contributed by atoms with van der Waals surface area (Å²) < 4.78 is 10.5. The SMILES string of the molecule is COc1ccc(C(N)c2cccc([N+](=O)[O-])c2)c(OC)c1. The van der Waals surface area contributed by atoms with E-state index in [2.05, 4.69) is 0 Å². The van der Waals surface area contributed by atoms with Crippen LogP contribution < -0.4 is 15.2 Å². The van der Waals surface area contributed by atoms with E-state index in [1.807, 2.05) is 0 Å². The third kappa shape index (κ3) is 3.11. The van der Waals surface area contributed by atoms with Crippen molar-refractivity contribution in [2.75, 3.05) is 14.2 Å². The zero-order valence-corrected chi connectivity index (χ0v) is 11.8. The van der Waals surface area contributed by atoms with Crippen LogP contribution in [0.1, 0.15) is 17.2 Å². The molecule has 2 aromatic carbocycles. The summed E-state index contributed by atoms with van der Waals surface area (Å²) in [6.45, 7) is 0. The Balaban J connectivity index is 2.41. The van der Waals surface area contributed by atoms with Gasteiger partial charge in [-0.1, -0.05) is 12.1 Å². The second-order valence-corrected chi connectivity index (χ2v) is 4.44. The first kappa shape index (κ1) is 14.8. The minimum atomic E-state index is -0.522. The summed E-state index contributed by atoms with van der Waals surface area (Å²) in [4.78, 5) is 10.4. The van der Waals surface area contributed by atoms with Crippen LogP contribution in [-0.2, 0) is 0 Å². The highest BCUT2D eigenvalue weighted by molar-refractivity contribution is 5.47. The van der Waals surface area contributed by atoms with Crippen molar-refractivity contribution in [3.05, 3.63) is 63.7 Å². The molecule has 110 valence electrons. The van der Waals surface area contributed by atoms with Crippen LogP contribution in [0.3, 0.4) is 0 Å². The van der Waals surface area contributed by atoms with Crippen LogP contribution in [0.2, 0.25) is 0 Å². The van der Waals surface area contributed by atoms with Crippen LogP contribution in [0.5, 0.6) is 11.5 Å². The highest BCUT2D eigenvalue weighted by Gasteiger charge is 2.17.